The summed E-state index contributed by atoms with van der Waals surface area (Å²) in [6, 6.07) is 9.48. The van der Waals surface area contributed by atoms with Crippen LogP contribution in [-0.4, -0.2) is 83.3 Å². The minimum absolute atomic E-state index is 0.856. The SMILES string of the molecule is CC.CC.CC.CC.CC.CC.CC.CC.CC.CC.CC.CC.CC.CC1=CCC=N1.CC1=CN=CC1.CC1=NC=CC1.CC1=NCC=C1.Cc1ccno1.Cc1ccns1.Cc1ccon1.Cc1ccsn1.Cc1cncs1.Cc1cnoc1.Cc1cnsc1.Cn1cccn1.Cn1ccnc1. The molecular formula is C82H153N15O3S4. The molecule has 9 aromatic rings. The van der Waals surface area contributed by atoms with E-state index in [1.807, 2.05) is 358 Å². The van der Waals surface area contributed by atoms with Crippen molar-refractivity contribution in [3.63, 3.8) is 0 Å². The third-order valence-electron chi connectivity index (χ3n) is 8.45. The van der Waals surface area contributed by atoms with Gasteiger partial charge in [-0.2, -0.15) is 9.47 Å². The third-order valence-corrected chi connectivity index (χ3v) is 11.2. The Morgan fingerprint density at radius 1 is 0.538 bits per heavy atom. The van der Waals surface area contributed by atoms with Crippen LogP contribution in [0.5, 0.6) is 0 Å². The van der Waals surface area contributed by atoms with Crippen molar-refractivity contribution >= 4 is 69.8 Å². The van der Waals surface area contributed by atoms with E-state index in [4.69, 9.17) is 0 Å². The molecule has 0 N–H and O–H groups in total. The summed E-state index contributed by atoms with van der Waals surface area (Å²) in [5.41, 5.74) is 11.1. The molecule has 0 fully saturated rings. The number of hydrogen-bond donors (Lipinski definition) is 0. The first-order chi connectivity index (χ1) is 50.6. The number of imidazole rings is 1. The molecule has 13 rings (SSSR count). The summed E-state index contributed by atoms with van der Waals surface area (Å²) in [4.78, 5) is 26.0. The molecule has 598 valence electrons. The smallest absolute Gasteiger partial charge is 0.133 e. The lowest BCUT2D eigenvalue weighted by atomic mass is 10.3. The van der Waals surface area contributed by atoms with E-state index in [1.54, 1.807) is 78.0 Å². The van der Waals surface area contributed by atoms with E-state index in [-0.39, 0.29) is 0 Å². The Hall–Kier alpha value is -7.79. The molecule has 13 heterocycles. The lowest BCUT2D eigenvalue weighted by Gasteiger charge is -1.77. The molecule has 18 nitrogen and oxygen atoms in total. The van der Waals surface area contributed by atoms with Gasteiger partial charge in [0.1, 0.15) is 18.3 Å². The van der Waals surface area contributed by atoms with Gasteiger partial charge in [-0.1, -0.05) is 214 Å². The Morgan fingerprint density at radius 2 is 1.16 bits per heavy atom. The standard InChI is InChI=1S/4C5H7N.2C4H6N2.3C4H5NO.4C4H5NS.13C2H6/c1-5-2-3-6-4-5;3*1-5-3-2-4-6-5;1-6-3-2-5-4-6;1-6-4-2-3-5-6;1-4-2-5-6-3-4;1-4-2-3-6-5-4;1-4-2-3-5-6-4;1-4-2-5-3-6-4;1-4-2-5-6-3-4;1-4-2-3-6-5-4;1-4-2-3-5-6-4;13*1-2/h2*3-4H,2H2,1H3;2,4H,3H2,1H3;2-3H,4H2,1H3;2*2-4H,1H3;7*2-3H,1H3;13*1-2H3. The van der Waals surface area contributed by atoms with Gasteiger partial charge in [0.2, 0.25) is 0 Å². The number of hydrogen-bond acceptors (Lipinski definition) is 20. The molecule has 4 aliphatic heterocycles. The van der Waals surface area contributed by atoms with Crippen molar-refractivity contribution < 1.29 is 13.6 Å². The molecule has 0 saturated heterocycles. The predicted molar refractivity (Wildman–Crippen MR) is 473 cm³/mol. The average molecular weight is 1530 g/mol. The molecule has 104 heavy (non-hydrogen) atoms. The number of allylic oxidation sites excluding steroid dienone is 5. The van der Waals surface area contributed by atoms with Gasteiger partial charge in [-0.15, -0.1) is 11.3 Å². The zero-order valence-electron chi connectivity index (χ0n) is 73.1. The minimum Gasteiger partial charge on any atom is -0.365 e. The fourth-order valence-corrected chi connectivity index (χ4v) is 6.28. The Morgan fingerprint density at radius 3 is 1.29 bits per heavy atom. The van der Waals surface area contributed by atoms with E-state index < -0.39 is 0 Å². The zero-order chi connectivity index (χ0) is 83.3. The van der Waals surface area contributed by atoms with E-state index in [2.05, 4.69) is 102 Å². The van der Waals surface area contributed by atoms with E-state index in [0.717, 1.165) is 59.9 Å². The van der Waals surface area contributed by atoms with E-state index in [0.29, 0.717) is 0 Å². The van der Waals surface area contributed by atoms with Crippen LogP contribution < -0.4 is 0 Å². The molecule has 22 heteroatoms. The topological polar surface area (TPSA) is 215 Å². The highest BCUT2D eigenvalue weighted by molar-refractivity contribution is 7.09. The fraction of sp³-hybridized carbons (Fsp3) is 0.524. The minimum atomic E-state index is 0.856. The second kappa shape index (κ2) is 122. The van der Waals surface area contributed by atoms with Crippen molar-refractivity contribution in [3.05, 3.63) is 207 Å². The van der Waals surface area contributed by atoms with Crippen molar-refractivity contribution in [1.82, 2.24) is 52.9 Å². The van der Waals surface area contributed by atoms with Crippen molar-refractivity contribution in [2.45, 2.75) is 275 Å². The van der Waals surface area contributed by atoms with Crippen molar-refractivity contribution in [2.24, 2.45) is 34.1 Å². The maximum Gasteiger partial charge on any atom is 0.133 e. The van der Waals surface area contributed by atoms with Crippen molar-refractivity contribution in [1.29, 1.82) is 0 Å². The molecule has 0 saturated carbocycles. The van der Waals surface area contributed by atoms with Crippen LogP contribution >= 0.6 is 45.9 Å². The van der Waals surface area contributed by atoms with Crippen LogP contribution in [0.15, 0.2) is 203 Å². The molecule has 0 atom stereocenters. The number of rotatable bonds is 0. The summed E-state index contributed by atoms with van der Waals surface area (Å²) in [6.07, 6.45) is 39.9. The van der Waals surface area contributed by atoms with Gasteiger partial charge in [0, 0.05) is 157 Å². The van der Waals surface area contributed by atoms with Crippen LogP contribution in [0.2, 0.25) is 0 Å². The normalized spacial score (nSPS) is 9.61. The van der Waals surface area contributed by atoms with Crippen LogP contribution in [0.3, 0.4) is 0 Å². The largest absolute Gasteiger partial charge is 0.365 e. The van der Waals surface area contributed by atoms with Crippen LogP contribution in [0.25, 0.3) is 0 Å². The highest BCUT2D eigenvalue weighted by Gasteiger charge is 1.90. The number of aryl methyl sites for hydroxylation is 9. The lowest BCUT2D eigenvalue weighted by molar-refractivity contribution is 0.397. The summed E-state index contributed by atoms with van der Waals surface area (Å²) in [5.74, 6) is 0.856. The molecule has 0 aromatic carbocycles. The molecule has 0 unspecified atom stereocenters. The lowest BCUT2D eigenvalue weighted by Crippen LogP contribution is -1.83. The quantitative estimate of drug-likeness (QED) is 0.139. The van der Waals surface area contributed by atoms with Gasteiger partial charge < -0.3 is 18.1 Å². The van der Waals surface area contributed by atoms with E-state index in [9.17, 15) is 0 Å². The summed E-state index contributed by atoms with van der Waals surface area (Å²) in [6.45, 7) is 74.8. The predicted octanol–water partition coefficient (Wildman–Crippen LogP) is 28.0. The van der Waals surface area contributed by atoms with Gasteiger partial charge >= 0.3 is 0 Å². The first-order valence-corrected chi connectivity index (χ1v) is 40.6. The third kappa shape index (κ3) is 118. The molecule has 0 bridgehead atoms. The molecular weight excluding hydrogens is 1370 g/mol. The first-order valence-electron chi connectivity index (χ1n) is 37.3. The monoisotopic (exact) mass is 1520 g/mol. The summed E-state index contributed by atoms with van der Waals surface area (Å²) in [5, 5.41) is 18.2. The van der Waals surface area contributed by atoms with Gasteiger partial charge in [0.15, 0.2) is 0 Å². The Labute approximate surface area is 655 Å². The second-order valence-electron chi connectivity index (χ2n) is 16.2. The van der Waals surface area contributed by atoms with E-state index in [1.165, 1.54) is 61.2 Å². The Bertz CT molecular complexity index is 2390. The number of aliphatic imine (C=N–C) groups is 4. The molecule has 0 amide bonds. The van der Waals surface area contributed by atoms with Crippen LogP contribution in [0.1, 0.15) is 265 Å². The number of thiazole rings is 1. The zero-order valence-corrected chi connectivity index (χ0v) is 76.3. The van der Waals surface area contributed by atoms with Gasteiger partial charge in [-0.25, -0.2) is 13.7 Å². The van der Waals surface area contributed by atoms with Gasteiger partial charge in [0.25, 0.3) is 0 Å². The highest BCUT2D eigenvalue weighted by Crippen LogP contribution is 2.03. The first kappa shape index (κ1) is 126. The van der Waals surface area contributed by atoms with Crippen LogP contribution in [-0.2, 0) is 14.1 Å². The van der Waals surface area contributed by atoms with E-state index >= 15 is 0 Å². The van der Waals surface area contributed by atoms with Gasteiger partial charge in [0.05, 0.1) is 42.2 Å². The molecule has 0 radical (unpaired) electrons. The molecule has 9 aromatic heterocycles. The number of nitrogens with zero attached hydrogens (tertiary/aromatic N) is 15. The average Bonchev–Trinajstić information content (AvgIpc) is 4.52. The Balaban J connectivity index is -0.0000000764. The van der Waals surface area contributed by atoms with Crippen LogP contribution in [0.4, 0.5) is 0 Å². The molecule has 4 aliphatic rings. The van der Waals surface area contributed by atoms with Gasteiger partial charge in [-0.05, 0) is 146 Å². The molecule has 0 spiro atoms. The molecule has 0 aliphatic carbocycles. The highest BCUT2D eigenvalue weighted by atomic mass is 32.1. The maximum absolute atomic E-state index is 4.58. The van der Waals surface area contributed by atoms with Crippen molar-refractivity contribution in [3.8, 4) is 0 Å². The fourth-order valence-electron chi connectivity index (χ4n) is 4.40. The van der Waals surface area contributed by atoms with Gasteiger partial charge in [-0.3, -0.25) is 29.6 Å². The summed E-state index contributed by atoms with van der Waals surface area (Å²) < 4.78 is 28.8. The Kier molecular flexibility index (Phi) is 148. The number of aromatic nitrogens is 11. The van der Waals surface area contributed by atoms with Crippen LogP contribution in [0, 0.1) is 48.5 Å². The maximum atomic E-state index is 4.58. The van der Waals surface area contributed by atoms with Crippen molar-refractivity contribution in [2.75, 3.05) is 6.54 Å². The summed E-state index contributed by atoms with van der Waals surface area (Å²) >= 11 is 6.17. The second-order valence-corrected chi connectivity index (χ2v) is 19.6. The summed E-state index contributed by atoms with van der Waals surface area (Å²) in [7, 11) is 3.83.